The van der Waals surface area contributed by atoms with Crippen LogP contribution in [0.15, 0.2) is 0 Å². The maximum absolute atomic E-state index is 11.3. The fourth-order valence-corrected chi connectivity index (χ4v) is 0. The Morgan fingerprint density at radius 3 is 1.00 bits per heavy atom. The van der Waals surface area contributed by atoms with Gasteiger partial charge in [-0.1, -0.05) is 46.4 Å². The van der Waals surface area contributed by atoms with E-state index in [1.165, 1.54) is 0 Å². The van der Waals surface area contributed by atoms with Crippen molar-refractivity contribution < 1.29 is 22.0 Å². The van der Waals surface area contributed by atoms with Gasteiger partial charge in [0.25, 0.3) is 0 Å². The fourth-order valence-electron chi connectivity index (χ4n) is 0. The highest BCUT2D eigenvalue weighted by molar-refractivity contribution is 6.47. The zero-order chi connectivity index (χ0) is 10.6. The maximum atomic E-state index is 11.3. The standard InChI is InChI=1S/C2Cl2F4.CHCl2F/c3-1(4,5)2(6,7)8;2-1(3)4/h;1H. The quantitative estimate of drug-likeness (QED) is 0.454. The number of alkyl halides is 9. The Bertz CT molecular complexity index is 100. The second kappa shape index (κ2) is 5.52. The Hall–Kier alpha value is 0.810. The molecule has 0 saturated heterocycles. The molecular weight excluding hydrogens is 273 g/mol. The number of rotatable bonds is 0. The Balaban J connectivity index is 0. The molecule has 0 heterocycles. The van der Waals surface area contributed by atoms with Gasteiger partial charge in [-0.3, -0.25) is 0 Å². The highest BCUT2D eigenvalue weighted by atomic mass is 35.5. The maximum Gasteiger partial charge on any atom is 0.452 e. The first-order valence-electron chi connectivity index (χ1n) is 2.04. The fraction of sp³-hybridized carbons (Fsp3) is 1.00. The smallest absolute Gasteiger partial charge is 0.212 e. The number of hydrogen-bond acceptors (Lipinski definition) is 0. The van der Waals surface area contributed by atoms with E-state index in [9.17, 15) is 22.0 Å². The van der Waals surface area contributed by atoms with Gasteiger partial charge in [0, 0.05) is 0 Å². The van der Waals surface area contributed by atoms with Crippen molar-refractivity contribution >= 4 is 46.4 Å². The Kier molecular flexibility index (Phi) is 7.03. The van der Waals surface area contributed by atoms with Crippen LogP contribution in [-0.2, 0) is 0 Å². The summed E-state index contributed by atoms with van der Waals surface area (Å²) in [5, 5.41) is -1.72. The van der Waals surface area contributed by atoms with Crippen LogP contribution in [0.2, 0.25) is 0 Å². The summed E-state index contributed by atoms with van der Waals surface area (Å²) in [6.45, 7) is 0. The number of hydrogen-bond donors (Lipinski definition) is 0. The van der Waals surface area contributed by atoms with Crippen LogP contribution in [0.5, 0.6) is 0 Å². The summed E-state index contributed by atoms with van der Waals surface area (Å²) >= 11 is 16.7. The lowest BCUT2D eigenvalue weighted by molar-refractivity contribution is -0.170. The Labute approximate surface area is 84.5 Å². The topological polar surface area (TPSA) is 0 Å². The molecule has 0 amide bonds. The molecule has 0 spiro atoms. The van der Waals surface area contributed by atoms with Crippen LogP contribution in [0.3, 0.4) is 0 Å². The van der Waals surface area contributed by atoms with Gasteiger partial charge in [-0.15, -0.1) is 0 Å². The van der Waals surface area contributed by atoms with Gasteiger partial charge in [0.15, 0.2) is 0 Å². The normalized spacial score (nSPS) is 12.5. The van der Waals surface area contributed by atoms with Gasteiger partial charge in [0.2, 0.25) is 5.09 Å². The molecule has 0 radical (unpaired) electrons. The van der Waals surface area contributed by atoms with Gasteiger partial charge in [-0.05, 0) is 0 Å². The molecule has 0 aliphatic rings. The van der Waals surface area contributed by atoms with Crippen molar-refractivity contribution in [2.45, 2.75) is 15.9 Å². The lowest BCUT2D eigenvalue weighted by Crippen LogP contribution is -2.28. The molecule has 0 aliphatic heterocycles. The van der Waals surface area contributed by atoms with E-state index in [1.54, 1.807) is 0 Å². The van der Waals surface area contributed by atoms with Gasteiger partial charge in [0.1, 0.15) is 0 Å². The Morgan fingerprint density at radius 2 is 1.00 bits per heavy atom. The molecule has 12 heavy (non-hydrogen) atoms. The summed E-state index contributed by atoms with van der Waals surface area (Å²) in [6.07, 6.45) is -5.20. The minimum atomic E-state index is -5.20. The first-order chi connectivity index (χ1) is 4.98. The predicted octanol–water partition coefficient (Wildman–Crippen LogP) is 4.37. The second-order valence-electron chi connectivity index (χ2n) is 1.24. The molecule has 0 unspecified atom stereocenters. The van der Waals surface area contributed by atoms with Crippen molar-refractivity contribution in [1.82, 2.24) is 0 Å². The molecular formula is C3HCl4F5. The molecule has 9 heteroatoms. The summed E-state index contributed by atoms with van der Waals surface area (Å²) in [5.74, 6) is 0. The number of halogens is 9. The second-order valence-corrected chi connectivity index (χ2v) is 3.47. The van der Waals surface area contributed by atoms with Crippen molar-refractivity contribution in [3.63, 3.8) is 0 Å². The third-order valence-electron chi connectivity index (χ3n) is 0.321. The molecule has 0 fully saturated rings. The van der Waals surface area contributed by atoms with E-state index in [0.29, 0.717) is 0 Å². The van der Waals surface area contributed by atoms with Crippen LogP contribution in [0, 0.1) is 0 Å². The average Bonchev–Trinajstić information content (AvgIpc) is 1.55. The van der Waals surface area contributed by atoms with Gasteiger partial charge in [-0.2, -0.15) is 17.6 Å². The van der Waals surface area contributed by atoms with Crippen molar-refractivity contribution in [3.8, 4) is 0 Å². The van der Waals surface area contributed by atoms with Gasteiger partial charge >= 0.3 is 10.8 Å². The van der Waals surface area contributed by atoms with E-state index in [1.807, 2.05) is 0 Å². The highest BCUT2D eigenvalue weighted by Crippen LogP contribution is 2.40. The third kappa shape index (κ3) is 10.8. The molecule has 0 atom stereocenters. The molecule has 0 aliphatic carbocycles. The molecule has 0 bridgehead atoms. The molecule has 0 N–H and O–H groups in total. The summed E-state index contributed by atoms with van der Waals surface area (Å²) in [7, 11) is 0. The third-order valence-corrected chi connectivity index (χ3v) is 0.750. The van der Waals surface area contributed by atoms with Crippen LogP contribution < -0.4 is 0 Å². The van der Waals surface area contributed by atoms with E-state index in [0.717, 1.165) is 0 Å². The van der Waals surface area contributed by atoms with Crippen molar-refractivity contribution in [3.05, 3.63) is 0 Å². The van der Waals surface area contributed by atoms with Crippen LogP contribution in [-0.4, -0.2) is 15.9 Å². The van der Waals surface area contributed by atoms with Crippen LogP contribution in [0.25, 0.3) is 0 Å². The zero-order valence-corrected chi connectivity index (χ0v) is 8.00. The molecule has 0 saturated carbocycles. The molecule has 0 nitrogen and oxygen atoms in total. The van der Waals surface area contributed by atoms with Gasteiger partial charge in [-0.25, -0.2) is 4.39 Å². The average molecular weight is 274 g/mol. The van der Waals surface area contributed by atoms with Crippen LogP contribution >= 0.6 is 46.4 Å². The van der Waals surface area contributed by atoms with Crippen molar-refractivity contribution in [2.24, 2.45) is 0 Å². The first-order valence-corrected chi connectivity index (χ1v) is 3.67. The minimum absolute atomic E-state index is 1.72. The van der Waals surface area contributed by atoms with Gasteiger partial charge in [0.05, 0.1) is 0 Å². The van der Waals surface area contributed by atoms with Gasteiger partial charge < -0.3 is 0 Å². The first kappa shape index (κ1) is 15.3. The molecule has 0 aromatic heterocycles. The zero-order valence-electron chi connectivity index (χ0n) is 4.98. The summed E-state index contributed by atoms with van der Waals surface area (Å²) < 4.78 is 50.5. The van der Waals surface area contributed by atoms with Crippen LogP contribution in [0.1, 0.15) is 0 Å². The SMILES string of the molecule is FC(Cl)Cl.FC(F)(F)C(F)(Cl)Cl. The minimum Gasteiger partial charge on any atom is -0.212 e. The highest BCUT2D eigenvalue weighted by Gasteiger charge is 2.53. The van der Waals surface area contributed by atoms with E-state index >= 15 is 0 Å². The lowest BCUT2D eigenvalue weighted by Gasteiger charge is -2.11. The van der Waals surface area contributed by atoms with E-state index in [4.69, 9.17) is 0 Å². The van der Waals surface area contributed by atoms with Crippen molar-refractivity contribution in [1.29, 1.82) is 0 Å². The lowest BCUT2D eigenvalue weighted by atomic mass is 10.7. The van der Waals surface area contributed by atoms with Crippen LogP contribution in [0.4, 0.5) is 22.0 Å². The molecule has 76 valence electrons. The predicted molar refractivity (Wildman–Crippen MR) is 38.2 cm³/mol. The summed E-state index contributed by atoms with van der Waals surface area (Å²) in [5.41, 5.74) is 0. The van der Waals surface area contributed by atoms with E-state index in [2.05, 4.69) is 46.4 Å². The summed E-state index contributed by atoms with van der Waals surface area (Å²) in [4.78, 5) is 0. The molecule has 0 aromatic rings. The van der Waals surface area contributed by atoms with Crippen molar-refractivity contribution in [2.75, 3.05) is 0 Å². The summed E-state index contributed by atoms with van der Waals surface area (Å²) in [6, 6.07) is 0. The van der Waals surface area contributed by atoms with E-state index in [-0.39, 0.29) is 0 Å². The molecule has 0 rings (SSSR count). The molecule has 0 aromatic carbocycles. The van der Waals surface area contributed by atoms with E-state index < -0.39 is 15.9 Å². The Morgan fingerprint density at radius 1 is 0.917 bits per heavy atom. The monoisotopic (exact) mass is 272 g/mol. The largest absolute Gasteiger partial charge is 0.452 e.